The summed E-state index contributed by atoms with van der Waals surface area (Å²) >= 11 is 0. The van der Waals surface area contributed by atoms with Crippen LogP contribution in [0.15, 0.2) is 59.1 Å². The Morgan fingerprint density at radius 1 is 1.21 bits per heavy atom. The number of rotatable bonds is 7. The van der Waals surface area contributed by atoms with Crippen molar-refractivity contribution in [2.45, 2.75) is 25.8 Å². The van der Waals surface area contributed by atoms with Crippen molar-refractivity contribution in [2.24, 2.45) is 0 Å². The average molecular weight is 382 g/mol. The predicted octanol–water partition coefficient (Wildman–Crippen LogP) is 4.64. The zero-order valence-electron chi connectivity index (χ0n) is 16.2. The van der Waals surface area contributed by atoms with Gasteiger partial charge < -0.3 is 14.1 Å². The third-order valence-electron chi connectivity index (χ3n) is 4.82. The Kier molecular flexibility index (Phi) is 6.09. The van der Waals surface area contributed by atoms with Gasteiger partial charge in [-0.15, -0.1) is 0 Å². The number of hydrogen-bond acceptors (Lipinski definition) is 4. The summed E-state index contributed by atoms with van der Waals surface area (Å²) in [5.74, 6) is 1.17. The van der Waals surface area contributed by atoms with Gasteiger partial charge in [-0.25, -0.2) is 9.37 Å². The number of aromatic nitrogens is 1. The Hall–Kier alpha value is -3.15. The topological polar surface area (TPSA) is 55.6 Å². The molecule has 0 aliphatic heterocycles. The molecule has 1 aromatic heterocycles. The van der Waals surface area contributed by atoms with Crippen LogP contribution in [0.4, 0.5) is 4.39 Å². The fourth-order valence-corrected chi connectivity index (χ4v) is 2.92. The molecule has 0 bridgehead atoms. The summed E-state index contributed by atoms with van der Waals surface area (Å²) in [6.45, 7) is 1.97. The normalized spacial score (nSPS) is 11.9. The van der Waals surface area contributed by atoms with Crippen LogP contribution in [0.5, 0.6) is 5.75 Å². The summed E-state index contributed by atoms with van der Waals surface area (Å²) < 4.78 is 24.6. The molecule has 3 rings (SSSR count). The second-order valence-corrected chi connectivity index (χ2v) is 6.55. The van der Waals surface area contributed by atoms with E-state index in [9.17, 15) is 9.18 Å². The average Bonchev–Trinajstić information content (AvgIpc) is 3.20. The lowest BCUT2D eigenvalue weighted by atomic mass is 10.1. The monoisotopic (exact) mass is 382 g/mol. The Morgan fingerprint density at radius 2 is 1.93 bits per heavy atom. The third kappa shape index (κ3) is 4.39. The van der Waals surface area contributed by atoms with Gasteiger partial charge >= 0.3 is 0 Å². The van der Waals surface area contributed by atoms with Crippen LogP contribution in [0.2, 0.25) is 0 Å². The number of methoxy groups -OCH3 is 1. The van der Waals surface area contributed by atoms with Gasteiger partial charge in [0, 0.05) is 19.9 Å². The molecule has 6 heteroatoms. The molecule has 0 aliphatic rings. The summed E-state index contributed by atoms with van der Waals surface area (Å²) in [7, 11) is 3.39. The number of benzene rings is 2. The second-order valence-electron chi connectivity index (χ2n) is 6.55. The minimum absolute atomic E-state index is 0.0195. The molecule has 3 aromatic rings. The largest absolute Gasteiger partial charge is 0.497 e. The highest BCUT2D eigenvalue weighted by Crippen LogP contribution is 2.25. The highest BCUT2D eigenvalue weighted by Gasteiger charge is 2.18. The Bertz CT molecular complexity index is 937. The highest BCUT2D eigenvalue weighted by atomic mass is 19.1. The van der Waals surface area contributed by atoms with Gasteiger partial charge in [-0.1, -0.05) is 24.3 Å². The smallest absolute Gasteiger partial charge is 0.223 e. The van der Waals surface area contributed by atoms with Gasteiger partial charge in [0.25, 0.3) is 0 Å². The Labute approximate surface area is 163 Å². The molecule has 0 saturated carbocycles. The molecule has 1 heterocycles. The van der Waals surface area contributed by atoms with Crippen molar-refractivity contribution in [3.05, 3.63) is 72.0 Å². The zero-order chi connectivity index (χ0) is 20.1. The van der Waals surface area contributed by atoms with E-state index in [-0.39, 0.29) is 24.2 Å². The van der Waals surface area contributed by atoms with Gasteiger partial charge in [-0.05, 0) is 36.8 Å². The fourth-order valence-electron chi connectivity index (χ4n) is 2.92. The predicted molar refractivity (Wildman–Crippen MR) is 104 cm³/mol. The third-order valence-corrected chi connectivity index (χ3v) is 4.82. The number of nitrogens with zero attached hydrogens (tertiary/aromatic N) is 2. The van der Waals surface area contributed by atoms with Crippen LogP contribution in [0.25, 0.3) is 11.3 Å². The van der Waals surface area contributed by atoms with E-state index in [0.29, 0.717) is 23.6 Å². The van der Waals surface area contributed by atoms with Gasteiger partial charge in [0.05, 0.1) is 24.9 Å². The molecule has 0 spiro atoms. The van der Waals surface area contributed by atoms with E-state index in [2.05, 4.69) is 4.98 Å². The molecule has 0 saturated heterocycles. The lowest BCUT2D eigenvalue weighted by molar-refractivity contribution is -0.131. The maximum absolute atomic E-state index is 13.8. The van der Waals surface area contributed by atoms with Crippen molar-refractivity contribution in [2.75, 3.05) is 14.2 Å². The quantitative estimate of drug-likeness (QED) is 0.597. The number of hydrogen-bond donors (Lipinski definition) is 0. The minimum Gasteiger partial charge on any atom is -0.497 e. The van der Waals surface area contributed by atoms with E-state index in [1.807, 2.05) is 31.2 Å². The molecule has 0 fully saturated rings. The van der Waals surface area contributed by atoms with Crippen molar-refractivity contribution in [1.29, 1.82) is 0 Å². The molecule has 0 aliphatic carbocycles. The molecule has 1 atom stereocenters. The molecule has 5 nitrogen and oxygen atoms in total. The van der Waals surface area contributed by atoms with E-state index in [1.165, 1.54) is 12.3 Å². The SMILES string of the molecule is COc1ccc(C(C)N(C)C(=O)CCc2ncc(-c3ccccc3F)o2)cc1. The van der Waals surface area contributed by atoms with Gasteiger partial charge in [0.1, 0.15) is 11.6 Å². The second kappa shape index (κ2) is 8.69. The van der Waals surface area contributed by atoms with E-state index < -0.39 is 0 Å². The first-order valence-corrected chi connectivity index (χ1v) is 9.09. The molecule has 0 radical (unpaired) electrons. The van der Waals surface area contributed by atoms with Gasteiger partial charge in [-0.2, -0.15) is 0 Å². The number of oxazole rings is 1. The summed E-state index contributed by atoms with van der Waals surface area (Å²) in [4.78, 5) is 18.4. The first-order valence-electron chi connectivity index (χ1n) is 9.09. The van der Waals surface area contributed by atoms with Crippen LogP contribution in [-0.2, 0) is 11.2 Å². The fraction of sp³-hybridized carbons (Fsp3) is 0.273. The minimum atomic E-state index is -0.366. The molecule has 1 unspecified atom stereocenters. The van der Waals surface area contributed by atoms with Crippen molar-refractivity contribution in [3.63, 3.8) is 0 Å². The van der Waals surface area contributed by atoms with Crippen LogP contribution in [0.3, 0.4) is 0 Å². The van der Waals surface area contributed by atoms with Crippen LogP contribution >= 0.6 is 0 Å². The summed E-state index contributed by atoms with van der Waals surface area (Å²) in [6.07, 6.45) is 2.10. The van der Waals surface area contributed by atoms with Crippen molar-refractivity contribution < 1.29 is 18.3 Å². The van der Waals surface area contributed by atoms with Crippen LogP contribution in [0, 0.1) is 5.82 Å². The molecular formula is C22H23FN2O3. The van der Waals surface area contributed by atoms with E-state index in [1.54, 1.807) is 37.3 Å². The Balaban J connectivity index is 1.59. The standard InChI is InChI=1S/C22H23FN2O3/c1-15(16-8-10-17(27-3)11-9-16)25(2)22(26)13-12-21-24-14-20(28-21)18-6-4-5-7-19(18)23/h4-11,14-15H,12-13H2,1-3H3. The van der Waals surface area contributed by atoms with Gasteiger partial charge in [-0.3, -0.25) is 4.79 Å². The summed E-state index contributed by atoms with van der Waals surface area (Å²) in [5.41, 5.74) is 1.38. The first-order chi connectivity index (χ1) is 13.5. The number of ether oxygens (including phenoxy) is 1. The molecule has 28 heavy (non-hydrogen) atoms. The van der Waals surface area contributed by atoms with Gasteiger partial charge in [0.2, 0.25) is 5.91 Å². The number of carbonyl (C=O) groups excluding carboxylic acids is 1. The van der Waals surface area contributed by atoms with Crippen molar-refractivity contribution in [1.82, 2.24) is 9.88 Å². The number of amides is 1. The molecule has 0 N–H and O–H groups in total. The van der Waals surface area contributed by atoms with Crippen LogP contribution in [-0.4, -0.2) is 29.9 Å². The Morgan fingerprint density at radius 3 is 2.61 bits per heavy atom. The molecule has 1 amide bonds. The van der Waals surface area contributed by atoms with Crippen molar-refractivity contribution in [3.8, 4) is 17.1 Å². The zero-order valence-corrected chi connectivity index (χ0v) is 16.2. The number of halogens is 1. The van der Waals surface area contributed by atoms with Gasteiger partial charge in [0.15, 0.2) is 11.7 Å². The number of aryl methyl sites for hydroxylation is 1. The molecule has 146 valence electrons. The van der Waals surface area contributed by atoms with E-state index in [0.717, 1.165) is 11.3 Å². The maximum Gasteiger partial charge on any atom is 0.223 e. The summed E-state index contributed by atoms with van der Waals surface area (Å²) in [5, 5.41) is 0. The first kappa shape index (κ1) is 19.6. The summed E-state index contributed by atoms with van der Waals surface area (Å²) in [6, 6.07) is 13.9. The van der Waals surface area contributed by atoms with Crippen LogP contribution < -0.4 is 4.74 Å². The highest BCUT2D eigenvalue weighted by molar-refractivity contribution is 5.76. The van der Waals surface area contributed by atoms with E-state index in [4.69, 9.17) is 9.15 Å². The lowest BCUT2D eigenvalue weighted by Gasteiger charge is -2.25. The van der Waals surface area contributed by atoms with E-state index >= 15 is 0 Å². The lowest BCUT2D eigenvalue weighted by Crippen LogP contribution is -2.29. The van der Waals surface area contributed by atoms with Crippen molar-refractivity contribution >= 4 is 5.91 Å². The molecule has 2 aromatic carbocycles. The molecular weight excluding hydrogens is 359 g/mol. The van der Waals surface area contributed by atoms with Crippen LogP contribution in [0.1, 0.15) is 30.8 Å². The maximum atomic E-state index is 13.8. The number of carbonyl (C=O) groups is 1.